The van der Waals surface area contributed by atoms with Gasteiger partial charge in [-0.2, -0.15) is 4.31 Å². The Kier molecular flexibility index (Phi) is 7.43. The van der Waals surface area contributed by atoms with Gasteiger partial charge >= 0.3 is 0 Å². The van der Waals surface area contributed by atoms with Crippen molar-refractivity contribution in [3.05, 3.63) is 88.7 Å². The van der Waals surface area contributed by atoms with Gasteiger partial charge in [-0.15, -0.1) is 0 Å². The zero-order valence-corrected chi connectivity index (χ0v) is 18.9. The maximum atomic E-state index is 13.3. The largest absolute Gasteiger partial charge is 0.324 e. The molecule has 162 valence electrons. The standard InChI is InChI=1S/C23H24ClN3O3S/c1-3-19-7-4-6-17(2)23(19)26-22(28)16-27(15-18-9-11-20(24)12-10-18)31(29,30)21-8-5-13-25-14-21/h4-14H,3,15-16H2,1-2H3,(H,26,28). The zero-order chi connectivity index (χ0) is 22.4. The highest BCUT2D eigenvalue weighted by Gasteiger charge is 2.27. The molecule has 1 heterocycles. The summed E-state index contributed by atoms with van der Waals surface area (Å²) < 4.78 is 27.7. The molecule has 0 bridgehead atoms. The first-order chi connectivity index (χ1) is 14.8. The fourth-order valence-corrected chi connectivity index (χ4v) is 4.68. The van der Waals surface area contributed by atoms with Crippen LogP contribution < -0.4 is 5.32 Å². The molecule has 0 saturated heterocycles. The summed E-state index contributed by atoms with van der Waals surface area (Å²) in [6, 6.07) is 15.7. The smallest absolute Gasteiger partial charge is 0.245 e. The third kappa shape index (κ3) is 5.70. The number of nitrogens with zero attached hydrogens (tertiary/aromatic N) is 2. The van der Waals surface area contributed by atoms with E-state index in [1.165, 1.54) is 18.5 Å². The molecule has 1 aromatic heterocycles. The number of carbonyl (C=O) groups excluding carboxylic acids is 1. The molecule has 1 N–H and O–H groups in total. The van der Waals surface area contributed by atoms with Gasteiger partial charge in [-0.1, -0.05) is 48.9 Å². The predicted molar refractivity (Wildman–Crippen MR) is 122 cm³/mol. The number of aryl methyl sites for hydroxylation is 2. The molecule has 0 fully saturated rings. The quantitative estimate of drug-likeness (QED) is 0.542. The van der Waals surface area contributed by atoms with E-state index >= 15 is 0 Å². The predicted octanol–water partition coefficient (Wildman–Crippen LogP) is 4.44. The molecule has 0 atom stereocenters. The van der Waals surface area contributed by atoms with Crippen LogP contribution in [0.5, 0.6) is 0 Å². The van der Waals surface area contributed by atoms with Crippen molar-refractivity contribution < 1.29 is 13.2 Å². The van der Waals surface area contributed by atoms with Crippen molar-refractivity contribution in [1.82, 2.24) is 9.29 Å². The molecule has 3 aromatic rings. The normalized spacial score (nSPS) is 11.5. The first kappa shape index (κ1) is 22.9. The molecule has 0 aliphatic carbocycles. The Morgan fingerprint density at radius 3 is 2.48 bits per heavy atom. The molecule has 0 saturated carbocycles. The van der Waals surface area contributed by atoms with Crippen molar-refractivity contribution in [3.8, 4) is 0 Å². The van der Waals surface area contributed by atoms with Crippen molar-refractivity contribution in [3.63, 3.8) is 0 Å². The number of para-hydroxylation sites is 1. The second kappa shape index (κ2) is 10.0. The van der Waals surface area contributed by atoms with E-state index in [9.17, 15) is 13.2 Å². The van der Waals surface area contributed by atoms with Gasteiger partial charge in [0.15, 0.2) is 0 Å². The number of sulfonamides is 1. The number of hydrogen-bond acceptors (Lipinski definition) is 4. The number of aromatic nitrogens is 1. The number of rotatable bonds is 8. The Balaban J connectivity index is 1.89. The maximum absolute atomic E-state index is 13.3. The minimum absolute atomic E-state index is 0.0240. The highest BCUT2D eigenvalue weighted by atomic mass is 35.5. The highest BCUT2D eigenvalue weighted by Crippen LogP contribution is 2.22. The molecular weight excluding hydrogens is 434 g/mol. The topological polar surface area (TPSA) is 79.4 Å². The summed E-state index contributed by atoms with van der Waals surface area (Å²) in [5.74, 6) is -0.412. The van der Waals surface area contributed by atoms with Gasteiger partial charge in [0.1, 0.15) is 4.90 Å². The molecule has 2 aromatic carbocycles. The minimum Gasteiger partial charge on any atom is -0.324 e. The third-order valence-corrected chi connectivity index (χ3v) is 6.90. The molecule has 31 heavy (non-hydrogen) atoms. The molecule has 0 aliphatic heterocycles. The van der Waals surface area contributed by atoms with Gasteiger partial charge < -0.3 is 5.32 Å². The summed E-state index contributed by atoms with van der Waals surface area (Å²) in [5.41, 5.74) is 3.36. The van der Waals surface area contributed by atoms with Crippen LogP contribution in [0.4, 0.5) is 5.69 Å². The van der Waals surface area contributed by atoms with Gasteiger partial charge in [0.25, 0.3) is 0 Å². The van der Waals surface area contributed by atoms with Crippen LogP contribution in [0.3, 0.4) is 0 Å². The van der Waals surface area contributed by atoms with Gasteiger partial charge in [-0.25, -0.2) is 8.42 Å². The Labute approximate surface area is 187 Å². The van der Waals surface area contributed by atoms with E-state index in [1.807, 2.05) is 32.0 Å². The molecule has 0 aliphatic rings. The van der Waals surface area contributed by atoms with Crippen molar-refractivity contribution in [2.75, 3.05) is 11.9 Å². The van der Waals surface area contributed by atoms with Crippen LogP contribution in [-0.2, 0) is 27.8 Å². The Morgan fingerprint density at radius 1 is 1.10 bits per heavy atom. The Hall–Kier alpha value is -2.74. The first-order valence-electron chi connectivity index (χ1n) is 9.84. The number of hydrogen-bond donors (Lipinski definition) is 1. The summed E-state index contributed by atoms with van der Waals surface area (Å²) in [6.07, 6.45) is 3.53. The van der Waals surface area contributed by atoms with Crippen molar-refractivity contribution in [2.24, 2.45) is 0 Å². The summed E-state index contributed by atoms with van der Waals surface area (Å²) >= 11 is 5.95. The number of nitrogens with one attached hydrogen (secondary N) is 1. The van der Waals surface area contributed by atoms with Crippen molar-refractivity contribution in [1.29, 1.82) is 0 Å². The number of pyridine rings is 1. The average Bonchev–Trinajstić information content (AvgIpc) is 2.76. The highest BCUT2D eigenvalue weighted by molar-refractivity contribution is 7.89. The lowest BCUT2D eigenvalue weighted by Gasteiger charge is -2.22. The van der Waals surface area contributed by atoms with Crippen molar-refractivity contribution in [2.45, 2.75) is 31.7 Å². The lowest BCUT2D eigenvalue weighted by atomic mass is 10.1. The van der Waals surface area contributed by atoms with Crippen LogP contribution in [0, 0.1) is 6.92 Å². The molecule has 3 rings (SSSR count). The van der Waals surface area contributed by atoms with Crippen molar-refractivity contribution >= 4 is 33.2 Å². The van der Waals surface area contributed by atoms with Gasteiger partial charge in [0.05, 0.1) is 6.54 Å². The Morgan fingerprint density at radius 2 is 1.84 bits per heavy atom. The number of anilines is 1. The van der Waals surface area contributed by atoms with Crippen LogP contribution in [0.25, 0.3) is 0 Å². The van der Waals surface area contributed by atoms with E-state index in [0.29, 0.717) is 5.02 Å². The van der Waals surface area contributed by atoms with Crippen LogP contribution in [-0.4, -0.2) is 30.2 Å². The van der Waals surface area contributed by atoms with E-state index in [2.05, 4.69) is 10.3 Å². The Bertz CT molecular complexity index is 1150. The van der Waals surface area contributed by atoms with Crippen LogP contribution >= 0.6 is 11.6 Å². The monoisotopic (exact) mass is 457 g/mol. The van der Waals surface area contributed by atoms with E-state index < -0.39 is 15.9 Å². The number of amides is 1. The second-order valence-electron chi connectivity index (χ2n) is 7.10. The molecule has 6 nitrogen and oxygen atoms in total. The maximum Gasteiger partial charge on any atom is 0.245 e. The van der Waals surface area contributed by atoms with Gasteiger partial charge in [0.2, 0.25) is 15.9 Å². The molecule has 0 unspecified atom stereocenters. The molecule has 0 spiro atoms. The molecular formula is C23H24ClN3O3S. The number of benzene rings is 2. The van der Waals surface area contributed by atoms with E-state index in [-0.39, 0.29) is 18.0 Å². The van der Waals surface area contributed by atoms with E-state index in [4.69, 9.17) is 11.6 Å². The lowest BCUT2D eigenvalue weighted by molar-refractivity contribution is -0.116. The third-order valence-electron chi connectivity index (χ3n) is 4.87. The lowest BCUT2D eigenvalue weighted by Crippen LogP contribution is -2.37. The summed E-state index contributed by atoms with van der Waals surface area (Å²) in [7, 11) is -3.95. The van der Waals surface area contributed by atoms with Crippen LogP contribution in [0.2, 0.25) is 5.02 Å². The molecule has 0 radical (unpaired) electrons. The number of halogens is 1. The van der Waals surface area contributed by atoms with Crippen LogP contribution in [0.15, 0.2) is 71.9 Å². The molecule has 1 amide bonds. The summed E-state index contributed by atoms with van der Waals surface area (Å²) in [6.45, 7) is 3.60. The fourth-order valence-electron chi connectivity index (χ4n) is 3.21. The van der Waals surface area contributed by atoms with Gasteiger partial charge in [-0.05, 0) is 54.3 Å². The SMILES string of the molecule is CCc1cccc(C)c1NC(=O)CN(Cc1ccc(Cl)cc1)S(=O)(=O)c1cccnc1. The van der Waals surface area contributed by atoms with Gasteiger partial charge in [-0.3, -0.25) is 9.78 Å². The summed E-state index contributed by atoms with van der Waals surface area (Å²) in [4.78, 5) is 16.9. The van der Waals surface area contributed by atoms with Gasteiger partial charge in [0, 0.05) is 29.6 Å². The van der Waals surface area contributed by atoms with E-state index in [0.717, 1.165) is 33.1 Å². The minimum atomic E-state index is -3.95. The first-order valence-corrected chi connectivity index (χ1v) is 11.7. The molecule has 8 heteroatoms. The fraction of sp³-hybridized carbons (Fsp3) is 0.217. The zero-order valence-electron chi connectivity index (χ0n) is 17.4. The second-order valence-corrected chi connectivity index (χ2v) is 9.47. The summed E-state index contributed by atoms with van der Waals surface area (Å²) in [5, 5.41) is 3.45. The average molecular weight is 458 g/mol. The van der Waals surface area contributed by atoms with E-state index in [1.54, 1.807) is 30.3 Å². The van der Waals surface area contributed by atoms with Crippen LogP contribution in [0.1, 0.15) is 23.6 Å². The number of carbonyl (C=O) groups is 1.